The molecule has 0 bridgehead atoms. The summed E-state index contributed by atoms with van der Waals surface area (Å²) in [5.74, 6) is 0. The van der Waals surface area contributed by atoms with E-state index in [1.807, 2.05) is 24.3 Å². The Balaban J connectivity index is 0.00000133. The van der Waals surface area contributed by atoms with Crippen molar-refractivity contribution in [3.05, 3.63) is 34.4 Å². The van der Waals surface area contributed by atoms with E-state index in [0.717, 1.165) is 41.7 Å². The largest absolute Gasteiger partial charge is 0.365 e. The van der Waals surface area contributed by atoms with Gasteiger partial charge in [-0.2, -0.15) is 0 Å². The maximum atomic E-state index is 11.2. The highest BCUT2D eigenvalue weighted by atomic mass is 79.9. The summed E-state index contributed by atoms with van der Waals surface area (Å²) in [4.78, 5) is 13.2. The molecule has 2 heterocycles. The SMILES string of the molecule is Br.O=[N+]([O-])c1sc2ccccc2c1N1CCCCC1. The number of nitrogens with zero attached hydrogens (tertiary/aromatic N) is 2. The summed E-state index contributed by atoms with van der Waals surface area (Å²) < 4.78 is 1.00. The monoisotopic (exact) mass is 342 g/mol. The number of thiophene rings is 1. The first-order valence-corrected chi connectivity index (χ1v) is 7.00. The number of halogens is 1. The molecule has 19 heavy (non-hydrogen) atoms. The van der Waals surface area contributed by atoms with Crippen molar-refractivity contribution in [2.24, 2.45) is 0 Å². The van der Waals surface area contributed by atoms with Crippen molar-refractivity contribution in [1.82, 2.24) is 0 Å². The molecule has 1 aromatic heterocycles. The number of nitro groups is 1. The van der Waals surface area contributed by atoms with Gasteiger partial charge in [-0.05, 0) is 25.3 Å². The molecule has 1 fully saturated rings. The highest BCUT2D eigenvalue weighted by Gasteiger charge is 2.26. The van der Waals surface area contributed by atoms with E-state index in [4.69, 9.17) is 0 Å². The second kappa shape index (κ2) is 5.88. The lowest BCUT2D eigenvalue weighted by Crippen LogP contribution is -2.29. The van der Waals surface area contributed by atoms with Crippen LogP contribution in [0.4, 0.5) is 10.7 Å². The van der Waals surface area contributed by atoms with Gasteiger partial charge in [0.15, 0.2) is 0 Å². The zero-order valence-electron chi connectivity index (χ0n) is 10.4. The van der Waals surface area contributed by atoms with Crippen molar-refractivity contribution in [2.75, 3.05) is 18.0 Å². The molecular formula is C13H15BrN2O2S. The molecule has 2 aromatic rings. The molecule has 3 rings (SSSR count). The molecule has 4 nitrogen and oxygen atoms in total. The Hall–Kier alpha value is -1.14. The van der Waals surface area contributed by atoms with Gasteiger partial charge in [0.25, 0.3) is 0 Å². The molecule has 0 atom stereocenters. The van der Waals surface area contributed by atoms with E-state index in [-0.39, 0.29) is 26.9 Å². The second-order valence-corrected chi connectivity index (χ2v) is 5.59. The third-order valence-electron chi connectivity index (χ3n) is 3.39. The molecule has 0 saturated carbocycles. The van der Waals surface area contributed by atoms with Crippen LogP contribution in [-0.2, 0) is 0 Å². The third-order valence-corrected chi connectivity index (χ3v) is 4.50. The summed E-state index contributed by atoms with van der Waals surface area (Å²) in [6.45, 7) is 1.86. The molecule has 0 N–H and O–H groups in total. The highest BCUT2D eigenvalue weighted by Crippen LogP contribution is 2.44. The molecule has 1 saturated heterocycles. The minimum atomic E-state index is -0.241. The molecule has 0 aliphatic carbocycles. The van der Waals surface area contributed by atoms with Crippen LogP contribution in [0.2, 0.25) is 0 Å². The Morgan fingerprint density at radius 2 is 1.84 bits per heavy atom. The van der Waals surface area contributed by atoms with Crippen LogP contribution in [0.15, 0.2) is 24.3 Å². The van der Waals surface area contributed by atoms with Gasteiger partial charge in [0.2, 0.25) is 0 Å². The van der Waals surface area contributed by atoms with Gasteiger partial charge in [0.1, 0.15) is 5.69 Å². The maximum absolute atomic E-state index is 11.2. The van der Waals surface area contributed by atoms with E-state index < -0.39 is 0 Å². The van der Waals surface area contributed by atoms with E-state index in [1.54, 1.807) is 0 Å². The fraction of sp³-hybridized carbons (Fsp3) is 0.385. The van der Waals surface area contributed by atoms with Gasteiger partial charge >= 0.3 is 5.00 Å². The van der Waals surface area contributed by atoms with Crippen LogP contribution in [0.5, 0.6) is 0 Å². The van der Waals surface area contributed by atoms with Crippen LogP contribution in [0.3, 0.4) is 0 Å². The van der Waals surface area contributed by atoms with Crippen molar-refractivity contribution in [3.8, 4) is 0 Å². The van der Waals surface area contributed by atoms with Gasteiger partial charge in [0, 0.05) is 23.2 Å². The first kappa shape index (κ1) is 14.3. The fourth-order valence-corrected chi connectivity index (χ4v) is 3.61. The van der Waals surface area contributed by atoms with Crippen molar-refractivity contribution in [1.29, 1.82) is 0 Å². The summed E-state index contributed by atoms with van der Waals surface area (Å²) in [5.41, 5.74) is 0.834. The number of piperidine rings is 1. The Kier molecular flexibility index (Phi) is 4.42. The molecule has 0 spiro atoms. The van der Waals surface area contributed by atoms with E-state index in [1.165, 1.54) is 17.8 Å². The zero-order valence-corrected chi connectivity index (χ0v) is 12.9. The second-order valence-electron chi connectivity index (χ2n) is 4.56. The van der Waals surface area contributed by atoms with E-state index >= 15 is 0 Å². The summed E-state index contributed by atoms with van der Waals surface area (Å²) >= 11 is 1.28. The third kappa shape index (κ3) is 2.60. The minimum absolute atomic E-state index is 0. The first-order chi connectivity index (χ1) is 8.77. The first-order valence-electron chi connectivity index (χ1n) is 6.18. The minimum Gasteiger partial charge on any atom is -0.365 e. The maximum Gasteiger partial charge on any atom is 0.348 e. The van der Waals surface area contributed by atoms with Crippen molar-refractivity contribution in [2.45, 2.75) is 19.3 Å². The molecule has 0 unspecified atom stereocenters. The summed E-state index contributed by atoms with van der Waals surface area (Å²) in [7, 11) is 0. The Morgan fingerprint density at radius 3 is 2.53 bits per heavy atom. The van der Waals surface area contributed by atoms with Crippen LogP contribution in [-0.4, -0.2) is 18.0 Å². The number of hydrogen-bond acceptors (Lipinski definition) is 4. The lowest BCUT2D eigenvalue weighted by molar-refractivity contribution is -0.379. The van der Waals surface area contributed by atoms with Gasteiger partial charge < -0.3 is 4.90 Å². The van der Waals surface area contributed by atoms with E-state index in [0.29, 0.717) is 0 Å². The topological polar surface area (TPSA) is 46.4 Å². The smallest absolute Gasteiger partial charge is 0.348 e. The molecule has 6 heteroatoms. The average molecular weight is 343 g/mol. The molecule has 102 valence electrons. The number of rotatable bonds is 2. The van der Waals surface area contributed by atoms with Crippen LogP contribution in [0.25, 0.3) is 10.1 Å². The lowest BCUT2D eigenvalue weighted by Gasteiger charge is -2.27. The van der Waals surface area contributed by atoms with Crippen molar-refractivity contribution in [3.63, 3.8) is 0 Å². The molecule has 0 amide bonds. The zero-order chi connectivity index (χ0) is 12.5. The highest BCUT2D eigenvalue weighted by molar-refractivity contribution is 8.93. The molecule has 1 aliphatic heterocycles. The predicted octanol–water partition coefficient (Wildman–Crippen LogP) is 4.38. The summed E-state index contributed by atoms with van der Waals surface area (Å²) in [5, 5.41) is 12.5. The summed E-state index contributed by atoms with van der Waals surface area (Å²) in [6.07, 6.45) is 3.48. The standard InChI is InChI=1S/C13H14N2O2S.BrH/c16-15(17)13-12(14-8-4-1-5-9-14)10-6-2-3-7-11(10)18-13;/h2-3,6-7H,1,4-5,8-9H2;1H. The molecule has 0 radical (unpaired) electrons. The molecular weight excluding hydrogens is 328 g/mol. The van der Waals surface area contributed by atoms with Gasteiger partial charge in [-0.15, -0.1) is 17.0 Å². The molecule has 1 aliphatic rings. The molecule has 1 aromatic carbocycles. The van der Waals surface area contributed by atoms with Crippen LogP contribution in [0, 0.1) is 10.1 Å². The van der Waals surface area contributed by atoms with E-state index in [9.17, 15) is 10.1 Å². The summed E-state index contributed by atoms with van der Waals surface area (Å²) in [6, 6.07) is 7.83. The normalized spacial score (nSPS) is 15.3. The van der Waals surface area contributed by atoms with Crippen molar-refractivity contribution < 1.29 is 4.92 Å². The lowest BCUT2D eigenvalue weighted by atomic mass is 10.1. The number of benzene rings is 1. The van der Waals surface area contributed by atoms with Crippen LogP contribution < -0.4 is 4.90 Å². The fourth-order valence-electron chi connectivity index (χ4n) is 2.57. The number of anilines is 1. The average Bonchev–Trinajstić information content (AvgIpc) is 2.79. The van der Waals surface area contributed by atoms with Crippen LogP contribution >= 0.6 is 28.3 Å². The van der Waals surface area contributed by atoms with Gasteiger partial charge in [-0.3, -0.25) is 10.1 Å². The van der Waals surface area contributed by atoms with Crippen LogP contribution in [0.1, 0.15) is 19.3 Å². The number of fused-ring (bicyclic) bond motifs is 1. The Bertz CT molecular complexity index is 593. The van der Waals surface area contributed by atoms with Gasteiger partial charge in [0.05, 0.1) is 4.92 Å². The Morgan fingerprint density at radius 1 is 1.16 bits per heavy atom. The predicted molar refractivity (Wildman–Crippen MR) is 84.9 cm³/mol. The van der Waals surface area contributed by atoms with E-state index in [2.05, 4.69) is 4.90 Å². The van der Waals surface area contributed by atoms with Crippen molar-refractivity contribution >= 4 is 49.1 Å². The Labute approximate surface area is 125 Å². The quantitative estimate of drug-likeness (QED) is 0.601. The number of hydrogen-bond donors (Lipinski definition) is 0. The van der Waals surface area contributed by atoms with Gasteiger partial charge in [-0.25, -0.2) is 0 Å². The van der Waals surface area contributed by atoms with Gasteiger partial charge in [-0.1, -0.05) is 29.5 Å².